The van der Waals surface area contributed by atoms with Gasteiger partial charge < -0.3 is 11.1 Å². The molecule has 0 spiro atoms. The van der Waals surface area contributed by atoms with Crippen molar-refractivity contribution in [2.24, 2.45) is 5.73 Å². The summed E-state index contributed by atoms with van der Waals surface area (Å²) in [6.45, 7) is 6.36. The van der Waals surface area contributed by atoms with E-state index < -0.39 is 0 Å². The van der Waals surface area contributed by atoms with Crippen molar-refractivity contribution in [1.29, 1.82) is 0 Å². The summed E-state index contributed by atoms with van der Waals surface area (Å²) in [5.41, 5.74) is 8.89. The lowest BCUT2D eigenvalue weighted by Crippen LogP contribution is -2.38. The minimum absolute atomic E-state index is 0.148. The Bertz CT molecular complexity index is 338. The van der Waals surface area contributed by atoms with E-state index in [1.807, 2.05) is 0 Å². The van der Waals surface area contributed by atoms with Crippen molar-refractivity contribution in [3.05, 3.63) is 35.4 Å². The van der Waals surface area contributed by atoms with E-state index in [1.165, 1.54) is 11.1 Å². The number of nitrogens with one attached hydrogen (secondary N) is 1. The van der Waals surface area contributed by atoms with E-state index in [9.17, 15) is 0 Å². The summed E-state index contributed by atoms with van der Waals surface area (Å²) in [6, 6.07) is 8.72. The van der Waals surface area contributed by atoms with Crippen molar-refractivity contribution in [2.75, 3.05) is 13.1 Å². The van der Waals surface area contributed by atoms with Gasteiger partial charge in [-0.05, 0) is 30.0 Å². The highest BCUT2D eigenvalue weighted by molar-refractivity contribution is 5.32. The van der Waals surface area contributed by atoms with Crippen LogP contribution < -0.4 is 11.1 Å². The molecule has 2 rings (SSSR count). The van der Waals surface area contributed by atoms with Gasteiger partial charge in [-0.2, -0.15) is 0 Å². The zero-order valence-electron chi connectivity index (χ0n) is 9.59. The van der Waals surface area contributed by atoms with Crippen LogP contribution in [0.25, 0.3) is 0 Å². The van der Waals surface area contributed by atoms with Gasteiger partial charge >= 0.3 is 0 Å². The monoisotopic (exact) mass is 204 g/mol. The van der Waals surface area contributed by atoms with Gasteiger partial charge in [0, 0.05) is 6.54 Å². The maximum Gasteiger partial charge on any atom is 0.0548 e. The van der Waals surface area contributed by atoms with E-state index in [2.05, 4.69) is 43.4 Å². The van der Waals surface area contributed by atoms with Gasteiger partial charge in [0.05, 0.1) is 5.54 Å². The largest absolute Gasteiger partial charge is 0.320 e. The fourth-order valence-electron chi connectivity index (χ4n) is 2.17. The van der Waals surface area contributed by atoms with Gasteiger partial charge in [-0.15, -0.1) is 0 Å². The molecule has 0 saturated carbocycles. The van der Waals surface area contributed by atoms with Crippen LogP contribution in [-0.2, 0) is 5.54 Å². The fraction of sp³-hybridized carbons (Fsp3) is 0.538. The Morgan fingerprint density at radius 3 is 2.80 bits per heavy atom. The molecule has 82 valence electrons. The van der Waals surface area contributed by atoms with Gasteiger partial charge in [0.15, 0.2) is 0 Å². The third-order valence-electron chi connectivity index (χ3n) is 3.32. The molecule has 1 saturated heterocycles. The third kappa shape index (κ3) is 2.06. The van der Waals surface area contributed by atoms with Crippen LogP contribution in [0.1, 0.15) is 37.3 Å². The Kier molecular flexibility index (Phi) is 2.81. The molecular weight excluding hydrogens is 184 g/mol. The summed E-state index contributed by atoms with van der Waals surface area (Å²) in [4.78, 5) is 0. The Hall–Kier alpha value is -0.860. The molecule has 0 radical (unpaired) electrons. The molecule has 1 atom stereocenters. The first kappa shape index (κ1) is 10.7. The van der Waals surface area contributed by atoms with Gasteiger partial charge in [0.25, 0.3) is 0 Å². The SMILES string of the molecule is CC(C)c1cccc([C@]2(N)CCNC2)c1. The van der Waals surface area contributed by atoms with Crippen molar-refractivity contribution in [3.63, 3.8) is 0 Å². The fourth-order valence-corrected chi connectivity index (χ4v) is 2.17. The van der Waals surface area contributed by atoms with E-state index in [0.717, 1.165) is 19.5 Å². The average molecular weight is 204 g/mol. The van der Waals surface area contributed by atoms with Crippen LogP contribution in [0.4, 0.5) is 0 Å². The first-order valence-corrected chi connectivity index (χ1v) is 5.72. The highest BCUT2D eigenvalue weighted by atomic mass is 15.0. The lowest BCUT2D eigenvalue weighted by molar-refractivity contribution is 0.493. The minimum Gasteiger partial charge on any atom is -0.320 e. The molecule has 1 aliphatic heterocycles. The maximum absolute atomic E-state index is 6.39. The lowest BCUT2D eigenvalue weighted by Gasteiger charge is -2.24. The van der Waals surface area contributed by atoms with Crippen LogP contribution >= 0.6 is 0 Å². The molecule has 0 amide bonds. The number of nitrogens with two attached hydrogens (primary N) is 1. The number of hydrogen-bond acceptors (Lipinski definition) is 2. The molecule has 0 bridgehead atoms. The first-order chi connectivity index (χ1) is 7.12. The first-order valence-electron chi connectivity index (χ1n) is 5.72. The summed E-state index contributed by atoms with van der Waals surface area (Å²) in [7, 11) is 0. The highest BCUT2D eigenvalue weighted by Gasteiger charge is 2.31. The van der Waals surface area contributed by atoms with E-state index >= 15 is 0 Å². The van der Waals surface area contributed by atoms with Crippen molar-refractivity contribution in [3.8, 4) is 0 Å². The molecule has 0 unspecified atom stereocenters. The van der Waals surface area contributed by atoms with Crippen LogP contribution in [0.15, 0.2) is 24.3 Å². The topological polar surface area (TPSA) is 38.0 Å². The van der Waals surface area contributed by atoms with Crippen LogP contribution in [0, 0.1) is 0 Å². The molecule has 15 heavy (non-hydrogen) atoms. The van der Waals surface area contributed by atoms with Crippen molar-refractivity contribution in [2.45, 2.75) is 31.7 Å². The molecule has 1 aromatic carbocycles. The average Bonchev–Trinajstić information content (AvgIpc) is 2.67. The van der Waals surface area contributed by atoms with Crippen LogP contribution in [-0.4, -0.2) is 13.1 Å². The third-order valence-corrected chi connectivity index (χ3v) is 3.32. The Morgan fingerprint density at radius 1 is 1.40 bits per heavy atom. The molecule has 1 fully saturated rings. The Labute approximate surface area is 91.9 Å². The van der Waals surface area contributed by atoms with Gasteiger partial charge in [-0.3, -0.25) is 0 Å². The minimum atomic E-state index is -0.148. The standard InChI is InChI=1S/C13H20N2/c1-10(2)11-4-3-5-12(8-11)13(14)6-7-15-9-13/h3-5,8,10,15H,6-7,9,14H2,1-2H3/t13-/m0/s1. The molecule has 3 N–H and O–H groups in total. The van der Waals surface area contributed by atoms with E-state index in [0.29, 0.717) is 5.92 Å². The molecule has 0 aliphatic carbocycles. The molecule has 2 heteroatoms. The summed E-state index contributed by atoms with van der Waals surface area (Å²) >= 11 is 0. The van der Waals surface area contributed by atoms with Crippen LogP contribution in [0.2, 0.25) is 0 Å². The van der Waals surface area contributed by atoms with E-state index in [1.54, 1.807) is 0 Å². The Balaban J connectivity index is 2.31. The number of hydrogen-bond donors (Lipinski definition) is 2. The van der Waals surface area contributed by atoms with Gasteiger partial charge in [-0.1, -0.05) is 38.1 Å². The zero-order chi connectivity index (χ0) is 10.9. The molecular formula is C13H20N2. The molecule has 0 aromatic heterocycles. The molecule has 1 heterocycles. The zero-order valence-corrected chi connectivity index (χ0v) is 9.59. The van der Waals surface area contributed by atoms with E-state index in [-0.39, 0.29) is 5.54 Å². The number of benzene rings is 1. The van der Waals surface area contributed by atoms with Crippen LogP contribution in [0.3, 0.4) is 0 Å². The quantitative estimate of drug-likeness (QED) is 0.773. The van der Waals surface area contributed by atoms with Crippen molar-refractivity contribution in [1.82, 2.24) is 5.32 Å². The number of rotatable bonds is 2. The van der Waals surface area contributed by atoms with Gasteiger partial charge in [0.2, 0.25) is 0 Å². The normalized spacial score (nSPS) is 26.1. The molecule has 2 nitrogen and oxygen atoms in total. The van der Waals surface area contributed by atoms with Crippen molar-refractivity contribution >= 4 is 0 Å². The van der Waals surface area contributed by atoms with Crippen LogP contribution in [0.5, 0.6) is 0 Å². The van der Waals surface area contributed by atoms with E-state index in [4.69, 9.17) is 5.73 Å². The lowest BCUT2D eigenvalue weighted by atomic mass is 9.87. The maximum atomic E-state index is 6.39. The summed E-state index contributed by atoms with van der Waals surface area (Å²) in [5, 5.41) is 3.34. The second kappa shape index (κ2) is 3.95. The Morgan fingerprint density at radius 2 is 2.20 bits per heavy atom. The molecule has 1 aliphatic rings. The van der Waals surface area contributed by atoms with Gasteiger partial charge in [-0.25, -0.2) is 0 Å². The van der Waals surface area contributed by atoms with Gasteiger partial charge in [0.1, 0.15) is 0 Å². The summed E-state index contributed by atoms with van der Waals surface area (Å²) < 4.78 is 0. The molecule has 1 aromatic rings. The summed E-state index contributed by atoms with van der Waals surface area (Å²) in [5.74, 6) is 0.572. The summed E-state index contributed by atoms with van der Waals surface area (Å²) in [6.07, 6.45) is 1.04. The smallest absolute Gasteiger partial charge is 0.0548 e. The predicted octanol–water partition coefficient (Wildman–Crippen LogP) is 1.96. The second-order valence-electron chi connectivity index (χ2n) is 4.86. The predicted molar refractivity (Wildman–Crippen MR) is 63.9 cm³/mol. The second-order valence-corrected chi connectivity index (χ2v) is 4.86. The van der Waals surface area contributed by atoms with Crippen molar-refractivity contribution < 1.29 is 0 Å². The highest BCUT2D eigenvalue weighted by Crippen LogP contribution is 2.27.